The van der Waals surface area contributed by atoms with Crippen LogP contribution in [-0.2, 0) is 23.0 Å². The van der Waals surface area contributed by atoms with Crippen LogP contribution in [0, 0.1) is 0 Å². The van der Waals surface area contributed by atoms with Gasteiger partial charge in [0.1, 0.15) is 0 Å². The Morgan fingerprint density at radius 3 is 1.56 bits per heavy atom. The van der Waals surface area contributed by atoms with Crippen LogP contribution in [0.3, 0.4) is 0 Å². The zero-order valence-corrected chi connectivity index (χ0v) is 24.0. The van der Waals surface area contributed by atoms with Gasteiger partial charge in [-0.25, -0.2) is 0 Å². The Bertz CT molecular complexity index is 965. The number of hydrogen-bond donors (Lipinski definition) is 1. The highest BCUT2D eigenvalue weighted by Gasteiger charge is 2.13. The third kappa shape index (κ3) is 11.8. The zero-order chi connectivity index (χ0) is 26.1. The Labute approximate surface area is 222 Å². The fourth-order valence-electron chi connectivity index (χ4n) is 5.35. The summed E-state index contributed by atoms with van der Waals surface area (Å²) in [5, 5.41) is 2.06. The lowest BCUT2D eigenvalue weighted by atomic mass is 9.91. The van der Waals surface area contributed by atoms with Crippen molar-refractivity contribution in [3.05, 3.63) is 41.5 Å². The van der Waals surface area contributed by atoms with E-state index in [1.54, 1.807) is 12.1 Å². The van der Waals surface area contributed by atoms with Crippen LogP contribution in [0.2, 0.25) is 0 Å². The molecule has 1 N–H and O–H groups in total. The van der Waals surface area contributed by atoms with Gasteiger partial charge in [-0.1, -0.05) is 135 Å². The van der Waals surface area contributed by atoms with Crippen molar-refractivity contribution in [3.8, 4) is 0 Å². The molecule has 4 heteroatoms. The summed E-state index contributed by atoms with van der Waals surface area (Å²) in [5.74, 6) is 0. The second-order valence-corrected chi connectivity index (χ2v) is 12.1. The molecule has 2 rings (SSSR count). The van der Waals surface area contributed by atoms with Gasteiger partial charge in [0.2, 0.25) is 0 Å². The van der Waals surface area contributed by atoms with E-state index in [2.05, 4.69) is 19.9 Å². The maximum atomic E-state index is 11.6. The molecule has 0 atom stereocenters. The van der Waals surface area contributed by atoms with Crippen molar-refractivity contribution < 1.29 is 13.0 Å². The minimum absolute atomic E-state index is 0.0179. The molecule has 0 saturated carbocycles. The summed E-state index contributed by atoms with van der Waals surface area (Å²) in [4.78, 5) is -0.0179. The highest BCUT2D eigenvalue weighted by Crippen LogP contribution is 2.28. The number of hydrogen-bond acceptors (Lipinski definition) is 2. The molecule has 0 amide bonds. The van der Waals surface area contributed by atoms with E-state index in [-0.39, 0.29) is 4.90 Å². The third-order valence-corrected chi connectivity index (χ3v) is 8.43. The number of benzene rings is 2. The molecule has 3 nitrogen and oxygen atoms in total. The summed E-state index contributed by atoms with van der Waals surface area (Å²) >= 11 is 0. The first kappa shape index (κ1) is 30.8. The van der Waals surface area contributed by atoms with Crippen LogP contribution in [0.15, 0.2) is 35.2 Å². The fourth-order valence-corrected chi connectivity index (χ4v) is 5.86. The molecular formula is C32H52O3S. The maximum Gasteiger partial charge on any atom is 0.294 e. The Morgan fingerprint density at radius 2 is 1.06 bits per heavy atom. The molecular weight excluding hydrogens is 464 g/mol. The van der Waals surface area contributed by atoms with Gasteiger partial charge in [-0.05, 0) is 59.7 Å². The van der Waals surface area contributed by atoms with Crippen molar-refractivity contribution >= 4 is 20.9 Å². The number of aryl methyl sites for hydroxylation is 2. The molecule has 0 heterocycles. The van der Waals surface area contributed by atoms with Gasteiger partial charge < -0.3 is 0 Å². The average molecular weight is 517 g/mol. The molecule has 36 heavy (non-hydrogen) atoms. The summed E-state index contributed by atoms with van der Waals surface area (Å²) in [6.07, 6.45) is 26.0. The van der Waals surface area contributed by atoms with Crippen molar-refractivity contribution in [2.24, 2.45) is 0 Å². The van der Waals surface area contributed by atoms with Crippen molar-refractivity contribution in [2.75, 3.05) is 0 Å². The van der Waals surface area contributed by atoms with Gasteiger partial charge >= 0.3 is 0 Å². The Hall–Kier alpha value is -1.39. The molecule has 0 aliphatic rings. The Kier molecular flexibility index (Phi) is 15.4. The second kappa shape index (κ2) is 18.0. The van der Waals surface area contributed by atoms with E-state index < -0.39 is 10.1 Å². The summed E-state index contributed by atoms with van der Waals surface area (Å²) in [6.45, 7) is 4.53. The lowest BCUT2D eigenvalue weighted by Gasteiger charge is -2.14. The van der Waals surface area contributed by atoms with Crippen LogP contribution in [0.5, 0.6) is 0 Å². The van der Waals surface area contributed by atoms with E-state index in [4.69, 9.17) is 0 Å². The number of fused-ring (bicyclic) bond motifs is 1. The lowest BCUT2D eigenvalue weighted by molar-refractivity contribution is 0.483. The quantitative estimate of drug-likeness (QED) is 0.133. The van der Waals surface area contributed by atoms with Crippen LogP contribution < -0.4 is 0 Å². The Morgan fingerprint density at radius 1 is 0.583 bits per heavy atom. The van der Waals surface area contributed by atoms with E-state index in [9.17, 15) is 13.0 Å². The molecule has 0 aliphatic carbocycles. The molecule has 204 valence electrons. The number of rotatable bonds is 21. The standard InChI is InChI=1S/C32H52O3S/c1-3-5-7-9-11-13-15-17-19-21-28-23-24-29-27-30(36(33,34)35)25-26-32(29)31(28)22-20-18-16-14-12-10-8-6-4-2/h23-27H,3-22H2,1-2H3,(H,33,34,35). The third-order valence-electron chi connectivity index (χ3n) is 7.58. The summed E-state index contributed by atoms with van der Waals surface area (Å²) in [6, 6.07) is 9.31. The molecule has 2 aromatic carbocycles. The molecule has 0 fully saturated rings. The van der Waals surface area contributed by atoms with Crippen LogP contribution in [-0.4, -0.2) is 13.0 Å². The molecule has 0 aromatic heterocycles. The highest BCUT2D eigenvalue weighted by atomic mass is 32.2. The van der Waals surface area contributed by atoms with Gasteiger partial charge in [-0.15, -0.1) is 0 Å². The molecule has 0 spiro atoms. The van der Waals surface area contributed by atoms with Gasteiger partial charge in [0.25, 0.3) is 10.1 Å². The second-order valence-electron chi connectivity index (χ2n) is 10.7. The van der Waals surface area contributed by atoms with E-state index >= 15 is 0 Å². The van der Waals surface area contributed by atoms with Crippen LogP contribution in [0.4, 0.5) is 0 Å². The summed E-state index contributed by atoms with van der Waals surface area (Å²) in [7, 11) is -4.18. The molecule has 0 bridgehead atoms. The van der Waals surface area contributed by atoms with Gasteiger partial charge in [0.05, 0.1) is 4.90 Å². The lowest BCUT2D eigenvalue weighted by Crippen LogP contribution is -2.00. The van der Waals surface area contributed by atoms with E-state index in [0.29, 0.717) is 0 Å². The van der Waals surface area contributed by atoms with Crippen LogP contribution >= 0.6 is 0 Å². The fraction of sp³-hybridized carbons (Fsp3) is 0.688. The topological polar surface area (TPSA) is 54.4 Å². The van der Waals surface area contributed by atoms with Gasteiger partial charge in [0.15, 0.2) is 0 Å². The normalized spacial score (nSPS) is 12.0. The summed E-state index contributed by atoms with van der Waals surface area (Å²) in [5.41, 5.74) is 2.81. The largest absolute Gasteiger partial charge is 0.294 e. The monoisotopic (exact) mass is 516 g/mol. The van der Waals surface area contributed by atoms with Crippen molar-refractivity contribution in [1.29, 1.82) is 0 Å². The zero-order valence-electron chi connectivity index (χ0n) is 23.2. The van der Waals surface area contributed by atoms with E-state index in [0.717, 1.165) is 23.6 Å². The van der Waals surface area contributed by atoms with E-state index in [1.807, 2.05) is 12.1 Å². The maximum absolute atomic E-state index is 11.6. The molecule has 0 radical (unpaired) electrons. The molecule has 2 aromatic rings. The minimum atomic E-state index is -4.18. The SMILES string of the molecule is CCCCCCCCCCCc1ccc2cc(S(=O)(=O)O)ccc2c1CCCCCCCCCCC. The first-order valence-electron chi connectivity index (χ1n) is 15.0. The number of unbranched alkanes of at least 4 members (excludes halogenated alkanes) is 16. The van der Waals surface area contributed by atoms with Crippen molar-refractivity contribution in [2.45, 2.75) is 147 Å². The molecule has 0 saturated heterocycles. The van der Waals surface area contributed by atoms with Gasteiger partial charge in [0, 0.05) is 0 Å². The predicted molar refractivity (Wildman–Crippen MR) is 156 cm³/mol. The minimum Gasteiger partial charge on any atom is -0.282 e. The smallest absolute Gasteiger partial charge is 0.282 e. The van der Waals surface area contributed by atoms with Crippen LogP contribution in [0.25, 0.3) is 10.8 Å². The molecule has 0 unspecified atom stereocenters. The molecule has 0 aliphatic heterocycles. The van der Waals surface area contributed by atoms with Crippen molar-refractivity contribution in [3.63, 3.8) is 0 Å². The Balaban J connectivity index is 1.93. The first-order valence-corrected chi connectivity index (χ1v) is 16.4. The first-order chi connectivity index (χ1) is 17.5. The highest BCUT2D eigenvalue weighted by molar-refractivity contribution is 7.85. The summed E-state index contributed by atoms with van der Waals surface area (Å²) < 4.78 is 32.8. The van der Waals surface area contributed by atoms with Gasteiger partial charge in [-0.2, -0.15) is 8.42 Å². The van der Waals surface area contributed by atoms with E-state index in [1.165, 1.54) is 127 Å². The van der Waals surface area contributed by atoms with Crippen molar-refractivity contribution in [1.82, 2.24) is 0 Å². The predicted octanol–water partition coefficient (Wildman–Crippen LogP) is 10.2. The van der Waals surface area contributed by atoms with Crippen LogP contribution in [0.1, 0.15) is 141 Å². The average Bonchev–Trinajstić information content (AvgIpc) is 2.86. The van der Waals surface area contributed by atoms with Gasteiger partial charge in [-0.3, -0.25) is 4.55 Å².